The van der Waals surface area contributed by atoms with E-state index in [1.165, 1.54) is 0 Å². The van der Waals surface area contributed by atoms with Gasteiger partial charge in [-0.05, 0) is 24.6 Å². The van der Waals surface area contributed by atoms with Gasteiger partial charge in [0.25, 0.3) is 0 Å². The molecule has 1 aromatic carbocycles. The largest absolute Gasteiger partial charge is 0.492 e. The van der Waals surface area contributed by atoms with Gasteiger partial charge in [-0.2, -0.15) is 0 Å². The summed E-state index contributed by atoms with van der Waals surface area (Å²) >= 11 is 3.38. The van der Waals surface area contributed by atoms with Crippen molar-refractivity contribution in [3.8, 4) is 5.75 Å². The Hall–Kier alpha value is -1.07. The molecule has 1 saturated heterocycles. The smallest absolute Gasteiger partial charge is 0.131 e. The maximum absolute atomic E-state index is 7.49. The average Bonchev–Trinajstić information content (AvgIpc) is 2.78. The molecule has 1 fully saturated rings. The summed E-state index contributed by atoms with van der Waals surface area (Å²) in [5.41, 5.74) is 6.14. The number of hydrogen-bond acceptors (Lipinski definition) is 3. The molecule has 1 unspecified atom stereocenters. The zero-order chi connectivity index (χ0) is 12.3. The predicted octanol–water partition coefficient (Wildman–Crippen LogP) is 2.15. The van der Waals surface area contributed by atoms with Crippen LogP contribution in [0.4, 0.5) is 0 Å². The molecule has 0 aromatic heterocycles. The number of ether oxygens (including phenoxy) is 2. The van der Waals surface area contributed by atoms with Gasteiger partial charge in [0.2, 0.25) is 0 Å². The van der Waals surface area contributed by atoms with Crippen LogP contribution in [0, 0.1) is 11.3 Å². The molecule has 1 heterocycles. The van der Waals surface area contributed by atoms with Crippen LogP contribution in [0.3, 0.4) is 0 Å². The quantitative estimate of drug-likeness (QED) is 0.661. The lowest BCUT2D eigenvalue weighted by atomic mass is 10.1. The van der Waals surface area contributed by atoms with Crippen molar-refractivity contribution in [2.45, 2.75) is 6.42 Å². The molecule has 0 aliphatic carbocycles. The number of halogens is 1. The van der Waals surface area contributed by atoms with Crippen LogP contribution in [0.2, 0.25) is 0 Å². The second kappa shape index (κ2) is 5.51. The fourth-order valence-corrected chi connectivity index (χ4v) is 2.10. The van der Waals surface area contributed by atoms with Gasteiger partial charge in [-0.3, -0.25) is 5.41 Å². The molecular weight excluding hydrogens is 284 g/mol. The van der Waals surface area contributed by atoms with Gasteiger partial charge in [0.05, 0.1) is 18.8 Å². The molecule has 1 aliphatic rings. The van der Waals surface area contributed by atoms with Crippen molar-refractivity contribution < 1.29 is 9.47 Å². The monoisotopic (exact) mass is 298 g/mol. The lowest BCUT2D eigenvalue weighted by Gasteiger charge is -2.13. The summed E-state index contributed by atoms with van der Waals surface area (Å²) in [6, 6.07) is 5.47. The van der Waals surface area contributed by atoms with E-state index in [-0.39, 0.29) is 5.84 Å². The number of benzene rings is 1. The molecule has 1 aliphatic heterocycles. The van der Waals surface area contributed by atoms with E-state index in [0.717, 1.165) is 24.1 Å². The maximum Gasteiger partial charge on any atom is 0.131 e. The molecule has 92 valence electrons. The summed E-state index contributed by atoms with van der Waals surface area (Å²) in [4.78, 5) is 0. The SMILES string of the molecule is N=C(N)c1ccc(Br)cc1OCC1CCOC1. The van der Waals surface area contributed by atoms with Crippen LogP contribution in [0.1, 0.15) is 12.0 Å². The van der Waals surface area contributed by atoms with Crippen LogP contribution < -0.4 is 10.5 Å². The minimum absolute atomic E-state index is 0.0233. The topological polar surface area (TPSA) is 68.3 Å². The maximum atomic E-state index is 7.49. The number of rotatable bonds is 4. The number of nitrogen functional groups attached to an aromatic ring is 1. The minimum atomic E-state index is 0.0233. The van der Waals surface area contributed by atoms with Crippen molar-refractivity contribution in [2.75, 3.05) is 19.8 Å². The molecule has 0 bridgehead atoms. The number of hydrogen-bond donors (Lipinski definition) is 2. The van der Waals surface area contributed by atoms with Gasteiger partial charge in [-0.1, -0.05) is 15.9 Å². The van der Waals surface area contributed by atoms with Crippen molar-refractivity contribution in [2.24, 2.45) is 11.7 Å². The van der Waals surface area contributed by atoms with Crippen LogP contribution in [0.25, 0.3) is 0 Å². The van der Waals surface area contributed by atoms with Gasteiger partial charge in [0, 0.05) is 17.0 Å². The van der Waals surface area contributed by atoms with E-state index in [4.69, 9.17) is 20.6 Å². The Morgan fingerprint density at radius 3 is 3.06 bits per heavy atom. The predicted molar refractivity (Wildman–Crippen MR) is 69.6 cm³/mol. The Labute approximate surface area is 109 Å². The molecule has 1 atom stereocenters. The second-order valence-corrected chi connectivity index (χ2v) is 5.01. The lowest BCUT2D eigenvalue weighted by molar-refractivity contribution is 0.167. The molecule has 2 rings (SSSR count). The zero-order valence-electron chi connectivity index (χ0n) is 9.41. The third-order valence-corrected chi connectivity index (χ3v) is 3.23. The van der Waals surface area contributed by atoms with E-state index in [1.54, 1.807) is 6.07 Å². The van der Waals surface area contributed by atoms with E-state index < -0.39 is 0 Å². The van der Waals surface area contributed by atoms with E-state index >= 15 is 0 Å². The van der Waals surface area contributed by atoms with E-state index in [9.17, 15) is 0 Å². The first-order valence-electron chi connectivity index (χ1n) is 5.51. The third kappa shape index (κ3) is 3.20. The second-order valence-electron chi connectivity index (χ2n) is 4.09. The first-order valence-corrected chi connectivity index (χ1v) is 6.30. The highest BCUT2D eigenvalue weighted by Gasteiger charge is 2.17. The van der Waals surface area contributed by atoms with Gasteiger partial charge in [0.15, 0.2) is 0 Å². The van der Waals surface area contributed by atoms with E-state index in [0.29, 0.717) is 23.8 Å². The minimum Gasteiger partial charge on any atom is -0.492 e. The Morgan fingerprint density at radius 2 is 2.41 bits per heavy atom. The molecule has 17 heavy (non-hydrogen) atoms. The van der Waals surface area contributed by atoms with Gasteiger partial charge >= 0.3 is 0 Å². The molecule has 0 saturated carbocycles. The van der Waals surface area contributed by atoms with Crippen LogP contribution in [0.5, 0.6) is 5.75 Å². The lowest BCUT2D eigenvalue weighted by Crippen LogP contribution is -2.16. The van der Waals surface area contributed by atoms with Crippen LogP contribution in [0.15, 0.2) is 22.7 Å². The number of amidine groups is 1. The Morgan fingerprint density at radius 1 is 1.59 bits per heavy atom. The average molecular weight is 299 g/mol. The highest BCUT2D eigenvalue weighted by molar-refractivity contribution is 9.10. The number of nitrogens with two attached hydrogens (primary N) is 1. The first kappa shape index (κ1) is 12.4. The summed E-state index contributed by atoms with van der Waals surface area (Å²) in [7, 11) is 0. The Bertz CT molecular complexity index is 417. The molecule has 0 amide bonds. The molecule has 0 radical (unpaired) electrons. The summed E-state index contributed by atoms with van der Waals surface area (Å²) in [5.74, 6) is 1.11. The zero-order valence-corrected chi connectivity index (χ0v) is 11.0. The summed E-state index contributed by atoms with van der Waals surface area (Å²) in [6.45, 7) is 2.17. The van der Waals surface area contributed by atoms with E-state index in [2.05, 4.69) is 15.9 Å². The van der Waals surface area contributed by atoms with Gasteiger partial charge in [-0.25, -0.2) is 0 Å². The Balaban J connectivity index is 2.07. The summed E-state index contributed by atoms with van der Waals surface area (Å²) in [6.07, 6.45) is 1.03. The summed E-state index contributed by atoms with van der Waals surface area (Å²) < 4.78 is 11.9. The molecule has 3 N–H and O–H groups in total. The molecule has 0 spiro atoms. The van der Waals surface area contributed by atoms with Gasteiger partial charge < -0.3 is 15.2 Å². The normalized spacial score (nSPS) is 19.2. The highest BCUT2D eigenvalue weighted by atomic mass is 79.9. The van der Waals surface area contributed by atoms with Crippen LogP contribution in [-0.2, 0) is 4.74 Å². The van der Waals surface area contributed by atoms with Gasteiger partial charge in [-0.15, -0.1) is 0 Å². The van der Waals surface area contributed by atoms with Crippen molar-refractivity contribution in [1.29, 1.82) is 5.41 Å². The first-order chi connectivity index (χ1) is 8.16. The molecule has 1 aromatic rings. The van der Waals surface area contributed by atoms with Crippen LogP contribution >= 0.6 is 15.9 Å². The molecule has 4 nitrogen and oxygen atoms in total. The van der Waals surface area contributed by atoms with Gasteiger partial charge in [0.1, 0.15) is 11.6 Å². The van der Waals surface area contributed by atoms with Crippen LogP contribution in [-0.4, -0.2) is 25.7 Å². The molecular formula is C12H15BrN2O2. The van der Waals surface area contributed by atoms with Crippen molar-refractivity contribution in [3.05, 3.63) is 28.2 Å². The fraction of sp³-hybridized carbons (Fsp3) is 0.417. The fourth-order valence-electron chi connectivity index (χ4n) is 1.76. The third-order valence-electron chi connectivity index (χ3n) is 2.73. The van der Waals surface area contributed by atoms with Crippen molar-refractivity contribution >= 4 is 21.8 Å². The number of nitrogens with one attached hydrogen (secondary N) is 1. The van der Waals surface area contributed by atoms with E-state index in [1.807, 2.05) is 12.1 Å². The van der Waals surface area contributed by atoms with Crippen molar-refractivity contribution in [1.82, 2.24) is 0 Å². The highest BCUT2D eigenvalue weighted by Crippen LogP contribution is 2.24. The standard InChI is InChI=1S/C12H15BrN2O2/c13-9-1-2-10(12(14)15)11(5-9)17-7-8-3-4-16-6-8/h1-2,5,8H,3-4,6-7H2,(H3,14,15). The summed E-state index contributed by atoms with van der Waals surface area (Å²) in [5, 5.41) is 7.49. The Kier molecular flexibility index (Phi) is 4.02. The molecule has 5 heteroatoms. The van der Waals surface area contributed by atoms with Crippen molar-refractivity contribution in [3.63, 3.8) is 0 Å².